The fourth-order valence-corrected chi connectivity index (χ4v) is 4.32. The zero-order valence-electron chi connectivity index (χ0n) is 17.6. The minimum Gasteiger partial charge on any atom is -0.491 e. The molecule has 0 bridgehead atoms. The van der Waals surface area contributed by atoms with E-state index in [1.165, 1.54) is 17.5 Å². The summed E-state index contributed by atoms with van der Waals surface area (Å²) in [6.45, 7) is 1.25. The molecule has 3 aromatic rings. The standard InChI is InChI=1S/C21H22N6O4S/c1-30-16-9-13(10-24-20(16)31-2)27-8-6-14-17(12-27)32-21(25-14)26-18(28)11-23-19(29)15-5-3-4-7-22-15/h3-5,7,9-10H,6,8,11-12H2,1-2H3,(H,23,29)(H,25,26,28). The second-order valence-corrected chi connectivity index (χ2v) is 7.99. The number of aromatic nitrogens is 3. The van der Waals surface area contributed by atoms with E-state index in [4.69, 9.17) is 9.47 Å². The van der Waals surface area contributed by atoms with E-state index in [-0.39, 0.29) is 18.1 Å². The van der Waals surface area contributed by atoms with Crippen molar-refractivity contribution in [3.05, 3.63) is 52.9 Å². The Bertz CT molecular complexity index is 1120. The van der Waals surface area contributed by atoms with Crippen LogP contribution < -0.4 is 25.0 Å². The Hall–Kier alpha value is -3.73. The van der Waals surface area contributed by atoms with E-state index in [9.17, 15) is 9.59 Å². The maximum Gasteiger partial charge on any atom is 0.270 e. The molecule has 4 rings (SSSR count). The van der Waals surface area contributed by atoms with Crippen LogP contribution in [0, 0.1) is 0 Å². The van der Waals surface area contributed by atoms with Crippen LogP contribution in [-0.2, 0) is 17.8 Å². The summed E-state index contributed by atoms with van der Waals surface area (Å²) in [6.07, 6.45) is 4.02. The largest absolute Gasteiger partial charge is 0.491 e. The van der Waals surface area contributed by atoms with E-state index in [1.54, 1.807) is 38.6 Å². The van der Waals surface area contributed by atoms with Gasteiger partial charge in [-0.15, -0.1) is 0 Å². The number of pyridine rings is 2. The number of nitrogens with one attached hydrogen (secondary N) is 2. The maximum atomic E-state index is 12.3. The van der Waals surface area contributed by atoms with Crippen LogP contribution in [0.25, 0.3) is 0 Å². The first-order chi connectivity index (χ1) is 15.6. The lowest BCUT2D eigenvalue weighted by Gasteiger charge is -2.28. The van der Waals surface area contributed by atoms with Gasteiger partial charge in [0.1, 0.15) is 5.69 Å². The fraction of sp³-hybridized carbons (Fsp3) is 0.286. The molecule has 32 heavy (non-hydrogen) atoms. The number of thiazole rings is 1. The van der Waals surface area contributed by atoms with Crippen molar-refractivity contribution >= 4 is 34.0 Å². The van der Waals surface area contributed by atoms with Crippen molar-refractivity contribution in [2.45, 2.75) is 13.0 Å². The van der Waals surface area contributed by atoms with Crippen molar-refractivity contribution < 1.29 is 19.1 Å². The summed E-state index contributed by atoms with van der Waals surface area (Å²) in [5.41, 5.74) is 2.15. The van der Waals surface area contributed by atoms with E-state index in [1.807, 2.05) is 6.07 Å². The summed E-state index contributed by atoms with van der Waals surface area (Å²) in [7, 11) is 3.13. The Morgan fingerprint density at radius 3 is 2.84 bits per heavy atom. The molecule has 0 atom stereocenters. The summed E-state index contributed by atoms with van der Waals surface area (Å²) in [5.74, 6) is 0.257. The number of ether oxygens (including phenoxy) is 2. The molecule has 0 radical (unpaired) electrons. The van der Waals surface area contributed by atoms with E-state index in [2.05, 4.69) is 30.5 Å². The lowest BCUT2D eigenvalue weighted by Crippen LogP contribution is -2.33. The Kier molecular flexibility index (Phi) is 6.45. The van der Waals surface area contributed by atoms with Crippen LogP contribution in [0.3, 0.4) is 0 Å². The van der Waals surface area contributed by atoms with Crippen molar-refractivity contribution in [3.63, 3.8) is 0 Å². The minimum absolute atomic E-state index is 0.164. The van der Waals surface area contributed by atoms with Gasteiger partial charge in [0, 0.05) is 30.1 Å². The molecule has 0 fully saturated rings. The zero-order chi connectivity index (χ0) is 22.5. The van der Waals surface area contributed by atoms with Gasteiger partial charge >= 0.3 is 0 Å². The van der Waals surface area contributed by atoms with Crippen molar-refractivity contribution in [3.8, 4) is 11.6 Å². The Morgan fingerprint density at radius 2 is 2.09 bits per heavy atom. The van der Waals surface area contributed by atoms with Crippen LogP contribution in [0.4, 0.5) is 10.8 Å². The average Bonchev–Trinajstić information content (AvgIpc) is 3.23. The molecule has 1 aliphatic rings. The molecule has 4 heterocycles. The molecule has 2 N–H and O–H groups in total. The molecule has 0 saturated carbocycles. The maximum absolute atomic E-state index is 12.3. The highest BCUT2D eigenvalue weighted by Gasteiger charge is 2.23. The van der Waals surface area contributed by atoms with Gasteiger partial charge in [-0.3, -0.25) is 14.6 Å². The number of nitrogens with zero attached hydrogens (tertiary/aromatic N) is 4. The highest BCUT2D eigenvalue weighted by Crippen LogP contribution is 2.34. The summed E-state index contributed by atoms with van der Waals surface area (Å²) < 4.78 is 10.6. The number of anilines is 2. The first kappa shape index (κ1) is 21.5. The Labute approximate surface area is 188 Å². The second-order valence-electron chi connectivity index (χ2n) is 6.91. The first-order valence-electron chi connectivity index (χ1n) is 9.88. The lowest BCUT2D eigenvalue weighted by atomic mass is 10.1. The van der Waals surface area contributed by atoms with Crippen molar-refractivity contribution in [2.24, 2.45) is 0 Å². The van der Waals surface area contributed by atoms with Gasteiger partial charge < -0.3 is 25.0 Å². The van der Waals surface area contributed by atoms with Gasteiger partial charge in [-0.05, 0) is 12.1 Å². The molecule has 3 aromatic heterocycles. The first-order valence-corrected chi connectivity index (χ1v) is 10.7. The molecule has 166 valence electrons. The number of rotatable bonds is 7. The monoisotopic (exact) mass is 454 g/mol. The molecular formula is C21H22N6O4S. The van der Waals surface area contributed by atoms with Gasteiger partial charge in [0.15, 0.2) is 10.9 Å². The summed E-state index contributed by atoms with van der Waals surface area (Å²) in [4.78, 5) is 40.3. The van der Waals surface area contributed by atoms with Gasteiger partial charge in [0.05, 0.1) is 44.9 Å². The van der Waals surface area contributed by atoms with Gasteiger partial charge in [-0.25, -0.2) is 9.97 Å². The molecule has 0 aromatic carbocycles. The number of fused-ring (bicyclic) bond motifs is 1. The van der Waals surface area contributed by atoms with E-state index in [0.29, 0.717) is 23.3 Å². The number of carbonyl (C=O) groups is 2. The minimum atomic E-state index is -0.404. The van der Waals surface area contributed by atoms with E-state index in [0.717, 1.165) is 29.2 Å². The van der Waals surface area contributed by atoms with Crippen LogP contribution in [0.1, 0.15) is 21.1 Å². The van der Waals surface area contributed by atoms with Gasteiger partial charge in [-0.1, -0.05) is 17.4 Å². The zero-order valence-corrected chi connectivity index (χ0v) is 18.4. The molecule has 0 spiro atoms. The van der Waals surface area contributed by atoms with Crippen LogP contribution in [0.2, 0.25) is 0 Å². The molecule has 2 amide bonds. The molecular weight excluding hydrogens is 432 g/mol. The predicted octanol–water partition coefficient (Wildman–Crippen LogP) is 1.88. The van der Waals surface area contributed by atoms with Gasteiger partial charge in [0.25, 0.3) is 11.8 Å². The molecule has 0 aliphatic carbocycles. The van der Waals surface area contributed by atoms with Gasteiger partial charge in [0.2, 0.25) is 5.91 Å². The highest BCUT2D eigenvalue weighted by molar-refractivity contribution is 7.15. The van der Waals surface area contributed by atoms with Crippen LogP contribution in [0.5, 0.6) is 11.6 Å². The van der Waals surface area contributed by atoms with Crippen LogP contribution in [0.15, 0.2) is 36.7 Å². The smallest absolute Gasteiger partial charge is 0.270 e. The SMILES string of the molecule is COc1cc(N2CCc3nc(NC(=O)CNC(=O)c4ccccn4)sc3C2)cnc1OC. The highest BCUT2D eigenvalue weighted by atomic mass is 32.1. The number of carbonyl (C=O) groups excluding carboxylic acids is 2. The van der Waals surface area contributed by atoms with E-state index < -0.39 is 5.91 Å². The van der Waals surface area contributed by atoms with Crippen LogP contribution in [-0.4, -0.2) is 54.1 Å². The van der Waals surface area contributed by atoms with E-state index >= 15 is 0 Å². The number of hydrogen-bond donors (Lipinski definition) is 2. The molecule has 10 nitrogen and oxygen atoms in total. The van der Waals surface area contributed by atoms with Crippen LogP contribution >= 0.6 is 11.3 Å². The average molecular weight is 455 g/mol. The Balaban J connectivity index is 1.36. The van der Waals surface area contributed by atoms with Gasteiger partial charge in [-0.2, -0.15) is 0 Å². The number of hydrogen-bond acceptors (Lipinski definition) is 9. The fourth-order valence-electron chi connectivity index (χ4n) is 3.28. The third-order valence-electron chi connectivity index (χ3n) is 4.87. The summed E-state index contributed by atoms with van der Waals surface area (Å²) >= 11 is 1.42. The Morgan fingerprint density at radius 1 is 1.22 bits per heavy atom. The number of amides is 2. The lowest BCUT2D eigenvalue weighted by molar-refractivity contribution is -0.115. The molecule has 1 aliphatic heterocycles. The summed E-state index contributed by atoms with van der Waals surface area (Å²) in [5, 5.41) is 5.83. The van der Waals surface area contributed by atoms with Crippen molar-refractivity contribution in [1.82, 2.24) is 20.3 Å². The second kappa shape index (κ2) is 9.60. The molecule has 0 saturated heterocycles. The number of methoxy groups -OCH3 is 2. The third kappa shape index (κ3) is 4.78. The molecule has 0 unspecified atom stereocenters. The van der Waals surface area contributed by atoms with Crippen molar-refractivity contribution in [2.75, 3.05) is 37.5 Å². The van der Waals surface area contributed by atoms with Crippen molar-refractivity contribution in [1.29, 1.82) is 0 Å². The topological polar surface area (TPSA) is 119 Å². The quantitative estimate of drug-likeness (QED) is 0.556. The normalized spacial score (nSPS) is 12.6. The third-order valence-corrected chi connectivity index (χ3v) is 5.86. The summed E-state index contributed by atoms with van der Waals surface area (Å²) in [6, 6.07) is 6.91. The predicted molar refractivity (Wildman–Crippen MR) is 119 cm³/mol. The molecule has 11 heteroatoms.